The number of hydrogen-bond donors (Lipinski definition) is 8. The van der Waals surface area contributed by atoms with Gasteiger partial charge in [0.15, 0.2) is 0 Å². The van der Waals surface area contributed by atoms with Crippen molar-refractivity contribution >= 4 is 29.6 Å². The molecule has 1 aromatic carbocycles. The lowest BCUT2D eigenvalue weighted by atomic mass is 10.00. The smallest absolute Gasteiger partial charge is 0.326 e. The van der Waals surface area contributed by atoms with E-state index in [9.17, 15) is 39.3 Å². The molecule has 6 atom stereocenters. The van der Waals surface area contributed by atoms with E-state index in [1.807, 2.05) is 0 Å². The summed E-state index contributed by atoms with van der Waals surface area (Å²) in [5.74, 6) is -4.17. The Morgan fingerprint density at radius 3 is 2.16 bits per heavy atom. The van der Waals surface area contributed by atoms with E-state index in [0.29, 0.717) is 37.8 Å². The van der Waals surface area contributed by atoms with Gasteiger partial charge in [0.2, 0.25) is 23.6 Å². The number of carboxylic acids is 1. The van der Waals surface area contributed by atoms with Crippen LogP contribution in [0.1, 0.15) is 58.4 Å². The highest BCUT2D eigenvalue weighted by Crippen LogP contribution is 2.20. The Balaban J connectivity index is 2.23. The third kappa shape index (κ3) is 10.5. The molecule has 1 aliphatic rings. The molecule has 0 aromatic heterocycles. The van der Waals surface area contributed by atoms with Crippen molar-refractivity contribution in [2.75, 3.05) is 13.1 Å². The number of nitrogens with zero attached hydrogens (tertiary/aromatic N) is 1. The van der Waals surface area contributed by atoms with Crippen molar-refractivity contribution in [2.24, 2.45) is 17.4 Å². The number of likely N-dealkylation sites (tertiary alicyclic amines) is 1. The number of aliphatic hydroxyl groups is 1. The summed E-state index contributed by atoms with van der Waals surface area (Å²) in [6, 6.07) is 0.423. The van der Waals surface area contributed by atoms with Crippen molar-refractivity contribution in [3.8, 4) is 5.75 Å². The zero-order valence-corrected chi connectivity index (χ0v) is 25.0. The first-order valence-corrected chi connectivity index (χ1v) is 14.6. The highest BCUT2D eigenvalue weighted by atomic mass is 16.4. The normalized spacial score (nSPS) is 18.3. The molecule has 1 saturated heterocycles. The molecule has 0 unspecified atom stereocenters. The van der Waals surface area contributed by atoms with Crippen LogP contribution in [0.4, 0.5) is 0 Å². The number of aliphatic carboxylic acids is 1. The van der Waals surface area contributed by atoms with Gasteiger partial charge >= 0.3 is 5.97 Å². The molecule has 1 heterocycles. The quantitative estimate of drug-likeness (QED) is 0.106. The molecule has 2 rings (SSSR count). The molecule has 0 radical (unpaired) electrons. The molecule has 1 fully saturated rings. The number of nitrogens with two attached hydrogens (primary N) is 2. The molecule has 0 bridgehead atoms. The molecule has 0 spiro atoms. The maximum Gasteiger partial charge on any atom is 0.326 e. The van der Waals surface area contributed by atoms with E-state index in [2.05, 4.69) is 16.0 Å². The minimum atomic E-state index is -1.22. The minimum Gasteiger partial charge on any atom is -0.508 e. The molecule has 1 aromatic rings. The van der Waals surface area contributed by atoms with Gasteiger partial charge in [0.1, 0.15) is 36.0 Å². The fourth-order valence-corrected chi connectivity index (χ4v) is 4.85. The molecule has 43 heavy (non-hydrogen) atoms. The van der Waals surface area contributed by atoms with Gasteiger partial charge in [0.05, 0.1) is 6.10 Å². The Labute approximate surface area is 251 Å². The van der Waals surface area contributed by atoms with Gasteiger partial charge in [0, 0.05) is 13.0 Å². The standard InChI is InChI=1S/C29H46N6O8/c1-16(2)24(34-26(39)22-8-6-14-35(22)28(41)23(31)17(3)36)27(40)33-21(15-18-9-11-19(37)12-10-18)25(38)32-20(29(42)43)7-4-5-13-30/h9-12,16-17,20-24,36-37H,4-8,13-15,30-31H2,1-3H3,(H,32,38)(H,33,40)(H,34,39)(H,42,43)/t17-,20+,21+,22+,23+,24+/m1/s1. The van der Waals surface area contributed by atoms with Crippen LogP contribution in [0.15, 0.2) is 24.3 Å². The number of carbonyl (C=O) groups is 5. The molecule has 10 N–H and O–H groups in total. The van der Waals surface area contributed by atoms with Crippen molar-refractivity contribution in [1.29, 1.82) is 0 Å². The lowest BCUT2D eigenvalue weighted by Gasteiger charge is -2.30. The fraction of sp³-hybridized carbons (Fsp3) is 0.621. The van der Waals surface area contributed by atoms with Crippen molar-refractivity contribution < 1.29 is 39.3 Å². The number of unbranched alkanes of at least 4 members (excludes halogenated alkanes) is 1. The monoisotopic (exact) mass is 606 g/mol. The second-order valence-electron chi connectivity index (χ2n) is 11.3. The fourth-order valence-electron chi connectivity index (χ4n) is 4.85. The summed E-state index contributed by atoms with van der Waals surface area (Å²) in [4.78, 5) is 66.0. The van der Waals surface area contributed by atoms with Crippen LogP contribution in [0.3, 0.4) is 0 Å². The number of amides is 4. The van der Waals surface area contributed by atoms with E-state index >= 15 is 0 Å². The van der Waals surface area contributed by atoms with Gasteiger partial charge in [0.25, 0.3) is 0 Å². The van der Waals surface area contributed by atoms with E-state index in [1.165, 1.54) is 24.0 Å². The third-order valence-electron chi connectivity index (χ3n) is 7.46. The van der Waals surface area contributed by atoms with Crippen LogP contribution < -0.4 is 27.4 Å². The van der Waals surface area contributed by atoms with E-state index in [-0.39, 0.29) is 25.1 Å². The molecule has 1 aliphatic heterocycles. The zero-order chi connectivity index (χ0) is 32.3. The van der Waals surface area contributed by atoms with Crippen LogP contribution in [-0.4, -0.2) is 99.2 Å². The van der Waals surface area contributed by atoms with E-state index in [4.69, 9.17) is 11.5 Å². The maximum absolute atomic E-state index is 13.5. The lowest BCUT2D eigenvalue weighted by molar-refractivity contribution is -0.142. The van der Waals surface area contributed by atoms with E-state index in [1.54, 1.807) is 26.0 Å². The minimum absolute atomic E-state index is 0.0102. The van der Waals surface area contributed by atoms with Crippen molar-refractivity contribution in [1.82, 2.24) is 20.9 Å². The number of aliphatic hydroxyl groups excluding tert-OH is 1. The molecule has 0 aliphatic carbocycles. The number of benzene rings is 1. The summed E-state index contributed by atoms with van der Waals surface area (Å²) in [5.41, 5.74) is 11.9. The van der Waals surface area contributed by atoms with Gasteiger partial charge in [-0.05, 0) is 69.2 Å². The van der Waals surface area contributed by atoms with Gasteiger partial charge in [-0.25, -0.2) is 4.79 Å². The highest BCUT2D eigenvalue weighted by molar-refractivity contribution is 5.96. The summed E-state index contributed by atoms with van der Waals surface area (Å²) >= 11 is 0. The topological polar surface area (TPSA) is 237 Å². The summed E-state index contributed by atoms with van der Waals surface area (Å²) in [5, 5.41) is 36.9. The SMILES string of the molecule is CC(C)[C@H](NC(=O)[C@@H]1CCCN1C(=O)[C@@H](N)[C@@H](C)O)C(=O)N[C@@H](Cc1ccc(O)cc1)C(=O)N[C@@H](CCCCN)C(=O)O. The number of hydrogen-bond acceptors (Lipinski definition) is 9. The van der Waals surface area contributed by atoms with Crippen molar-refractivity contribution in [3.63, 3.8) is 0 Å². The average molecular weight is 607 g/mol. The predicted octanol–water partition coefficient (Wildman–Crippen LogP) is -1.04. The van der Waals surface area contributed by atoms with Crippen LogP contribution in [0, 0.1) is 5.92 Å². The van der Waals surface area contributed by atoms with Crippen LogP contribution >= 0.6 is 0 Å². The number of aromatic hydroxyl groups is 1. The Morgan fingerprint density at radius 2 is 1.60 bits per heavy atom. The van der Waals surface area contributed by atoms with Crippen LogP contribution in [0.2, 0.25) is 0 Å². The number of phenols is 1. The summed E-state index contributed by atoms with van der Waals surface area (Å²) in [7, 11) is 0. The van der Waals surface area contributed by atoms with E-state index < -0.39 is 71.8 Å². The Morgan fingerprint density at radius 1 is 0.977 bits per heavy atom. The highest BCUT2D eigenvalue weighted by Gasteiger charge is 2.39. The first-order valence-electron chi connectivity index (χ1n) is 14.6. The second-order valence-corrected chi connectivity index (χ2v) is 11.3. The average Bonchev–Trinajstić information content (AvgIpc) is 3.45. The molecule has 14 heteroatoms. The number of rotatable bonds is 16. The van der Waals surface area contributed by atoms with Crippen LogP contribution in [0.5, 0.6) is 5.75 Å². The van der Waals surface area contributed by atoms with Gasteiger partial charge in [-0.2, -0.15) is 0 Å². The van der Waals surface area contributed by atoms with Crippen LogP contribution in [-0.2, 0) is 30.4 Å². The lowest BCUT2D eigenvalue weighted by Crippen LogP contribution is -2.60. The first-order chi connectivity index (χ1) is 20.3. The zero-order valence-electron chi connectivity index (χ0n) is 25.0. The number of phenolic OH excluding ortho intramolecular Hbond substituents is 1. The van der Waals surface area contributed by atoms with Gasteiger partial charge in [-0.3, -0.25) is 19.2 Å². The van der Waals surface area contributed by atoms with Gasteiger partial charge in [-0.15, -0.1) is 0 Å². The van der Waals surface area contributed by atoms with Crippen molar-refractivity contribution in [2.45, 2.75) is 95.6 Å². The Bertz CT molecular complexity index is 1110. The van der Waals surface area contributed by atoms with Gasteiger partial charge < -0.3 is 47.6 Å². The molecule has 14 nitrogen and oxygen atoms in total. The molecule has 4 amide bonds. The van der Waals surface area contributed by atoms with Gasteiger partial charge in [-0.1, -0.05) is 26.0 Å². The predicted molar refractivity (Wildman–Crippen MR) is 157 cm³/mol. The maximum atomic E-state index is 13.5. The largest absolute Gasteiger partial charge is 0.508 e. The summed E-state index contributed by atoms with van der Waals surface area (Å²) in [6.07, 6.45) is 0.976. The first kappa shape index (κ1) is 35.4. The third-order valence-corrected chi connectivity index (χ3v) is 7.46. The van der Waals surface area contributed by atoms with Crippen molar-refractivity contribution in [3.05, 3.63) is 29.8 Å². The number of carbonyl (C=O) groups excluding carboxylic acids is 4. The number of nitrogens with one attached hydrogen (secondary N) is 3. The van der Waals surface area contributed by atoms with Crippen LogP contribution in [0.25, 0.3) is 0 Å². The summed E-state index contributed by atoms with van der Waals surface area (Å²) in [6.45, 7) is 5.45. The Hall–Kier alpha value is -3.75. The molecular weight excluding hydrogens is 560 g/mol. The Kier molecular flexibility index (Phi) is 13.8. The number of carboxylic acid groups (broad SMARTS) is 1. The molecular formula is C29H46N6O8. The molecule has 0 saturated carbocycles. The molecule has 240 valence electrons. The second kappa shape index (κ2) is 16.8. The van der Waals surface area contributed by atoms with E-state index in [0.717, 1.165) is 0 Å². The summed E-state index contributed by atoms with van der Waals surface area (Å²) < 4.78 is 0.